The predicted molar refractivity (Wildman–Crippen MR) is 146 cm³/mol. The molecule has 0 bridgehead atoms. The van der Waals surface area contributed by atoms with Crippen molar-refractivity contribution in [3.63, 3.8) is 0 Å². The van der Waals surface area contributed by atoms with E-state index in [1.54, 1.807) is 24.3 Å². The molecule has 0 fully saturated rings. The molecule has 0 saturated carbocycles. The summed E-state index contributed by atoms with van der Waals surface area (Å²) in [4.78, 5) is 0.199. The summed E-state index contributed by atoms with van der Waals surface area (Å²) in [7, 11) is -5.78. The number of aromatic nitrogens is 1. The number of nitrogens with one attached hydrogen (secondary N) is 2. The molecule has 5 rings (SSSR count). The SMILES string of the molecule is C[n+]1c2cc(NS(=O)(=O)c3ccc(N)cc3)ccc2cc2ccc(NS(=O)(=O)c3ccc(N)cc3)cc21. The van der Waals surface area contributed by atoms with Crippen LogP contribution >= 0.6 is 0 Å². The van der Waals surface area contributed by atoms with Gasteiger partial charge in [-0.05, 0) is 78.9 Å². The van der Waals surface area contributed by atoms with Crippen LogP contribution in [0.5, 0.6) is 0 Å². The molecule has 11 heteroatoms. The quantitative estimate of drug-likeness (QED) is 0.149. The van der Waals surface area contributed by atoms with E-state index in [0.717, 1.165) is 21.8 Å². The molecular weight excluding hydrogens is 510 g/mol. The second-order valence-electron chi connectivity index (χ2n) is 8.60. The lowest BCUT2D eigenvalue weighted by Crippen LogP contribution is -2.30. The maximum atomic E-state index is 12.8. The van der Waals surface area contributed by atoms with Crippen LogP contribution in [0.2, 0.25) is 0 Å². The molecule has 37 heavy (non-hydrogen) atoms. The van der Waals surface area contributed by atoms with E-state index in [1.807, 2.05) is 29.8 Å². The van der Waals surface area contributed by atoms with Crippen molar-refractivity contribution in [2.24, 2.45) is 7.05 Å². The van der Waals surface area contributed by atoms with Gasteiger partial charge in [-0.1, -0.05) is 0 Å². The summed E-state index contributed by atoms with van der Waals surface area (Å²) in [6.07, 6.45) is 0. The van der Waals surface area contributed by atoms with Gasteiger partial charge in [0.2, 0.25) is 11.0 Å². The van der Waals surface area contributed by atoms with Gasteiger partial charge in [0.25, 0.3) is 20.0 Å². The van der Waals surface area contributed by atoms with E-state index >= 15 is 0 Å². The lowest BCUT2D eigenvalue weighted by molar-refractivity contribution is -0.617. The van der Waals surface area contributed by atoms with Gasteiger partial charge in [-0.2, -0.15) is 4.57 Å². The Morgan fingerprint density at radius 3 is 1.32 bits per heavy atom. The van der Waals surface area contributed by atoms with Crippen LogP contribution < -0.4 is 25.5 Å². The van der Waals surface area contributed by atoms with Crippen molar-refractivity contribution in [1.82, 2.24) is 0 Å². The molecule has 0 atom stereocenters. The van der Waals surface area contributed by atoms with Crippen LogP contribution in [-0.4, -0.2) is 16.8 Å². The van der Waals surface area contributed by atoms with Crippen molar-refractivity contribution in [3.05, 3.63) is 91.0 Å². The van der Waals surface area contributed by atoms with Crippen molar-refractivity contribution in [3.8, 4) is 0 Å². The molecule has 0 unspecified atom stereocenters. The van der Waals surface area contributed by atoms with E-state index in [0.29, 0.717) is 22.7 Å². The molecule has 1 heterocycles. The molecule has 0 aliphatic carbocycles. The molecule has 0 aliphatic heterocycles. The lowest BCUT2D eigenvalue weighted by atomic mass is 10.1. The van der Waals surface area contributed by atoms with E-state index in [2.05, 4.69) is 9.44 Å². The monoisotopic (exact) mass is 534 g/mol. The molecule has 0 aliphatic rings. The number of rotatable bonds is 6. The van der Waals surface area contributed by atoms with Gasteiger partial charge in [0.05, 0.1) is 21.2 Å². The zero-order valence-corrected chi connectivity index (χ0v) is 21.3. The molecule has 0 spiro atoms. The number of aryl methyl sites for hydroxylation is 1. The van der Waals surface area contributed by atoms with E-state index < -0.39 is 20.0 Å². The number of fused-ring (bicyclic) bond motifs is 2. The van der Waals surface area contributed by atoms with Gasteiger partial charge in [-0.15, -0.1) is 0 Å². The first-order valence-electron chi connectivity index (χ1n) is 11.2. The minimum Gasteiger partial charge on any atom is -0.399 e. The van der Waals surface area contributed by atoms with Crippen molar-refractivity contribution in [2.75, 3.05) is 20.9 Å². The Balaban J connectivity index is 1.51. The largest absolute Gasteiger partial charge is 0.399 e. The first-order chi connectivity index (χ1) is 17.5. The number of pyridine rings is 1. The van der Waals surface area contributed by atoms with Gasteiger partial charge in [0, 0.05) is 34.3 Å². The van der Waals surface area contributed by atoms with Gasteiger partial charge in [-0.25, -0.2) is 16.8 Å². The summed E-state index contributed by atoms with van der Waals surface area (Å²) >= 11 is 0. The van der Waals surface area contributed by atoms with Crippen LogP contribution in [0, 0.1) is 0 Å². The lowest BCUT2D eigenvalue weighted by Gasteiger charge is -2.11. The normalized spacial score (nSPS) is 12.0. The topological polar surface area (TPSA) is 148 Å². The molecule has 188 valence electrons. The van der Waals surface area contributed by atoms with Crippen LogP contribution in [0.25, 0.3) is 21.8 Å². The van der Waals surface area contributed by atoms with Gasteiger partial charge in [-0.3, -0.25) is 9.44 Å². The average molecular weight is 535 g/mol. The Hall–Kier alpha value is -4.35. The smallest absolute Gasteiger partial charge is 0.261 e. The Kier molecular flexibility index (Phi) is 5.89. The van der Waals surface area contributed by atoms with Gasteiger partial charge >= 0.3 is 0 Å². The second kappa shape index (κ2) is 8.95. The van der Waals surface area contributed by atoms with Crippen molar-refractivity contribution < 1.29 is 21.4 Å². The summed E-state index contributed by atoms with van der Waals surface area (Å²) in [5.41, 5.74) is 14.6. The number of hydrogen-bond acceptors (Lipinski definition) is 6. The van der Waals surface area contributed by atoms with Crippen LogP contribution in [0.3, 0.4) is 0 Å². The summed E-state index contributed by atoms with van der Waals surface area (Å²) in [6, 6.07) is 24.3. The van der Waals surface area contributed by atoms with Gasteiger partial charge in [0.1, 0.15) is 7.05 Å². The maximum Gasteiger partial charge on any atom is 0.261 e. The highest BCUT2D eigenvalue weighted by molar-refractivity contribution is 7.93. The minimum atomic E-state index is -3.81. The highest BCUT2D eigenvalue weighted by Gasteiger charge is 2.19. The van der Waals surface area contributed by atoms with E-state index in [1.165, 1.54) is 48.5 Å². The van der Waals surface area contributed by atoms with Gasteiger partial charge < -0.3 is 11.5 Å². The standard InChI is InChI=1S/C26H23N5O4S2/c1-31-25-15-21(29-36(32,33)23-10-4-19(27)5-11-23)8-2-17(25)14-18-3-9-22(16-26(18)31)30-37(34,35)24-12-6-20(28)7-13-24/h2-16H,27-28H2,1H3,(H,29,30)/p+1. The number of hydrogen-bond donors (Lipinski definition) is 4. The summed E-state index contributed by atoms with van der Waals surface area (Å²) in [6.45, 7) is 0. The van der Waals surface area contributed by atoms with Crippen molar-refractivity contribution >= 4 is 64.6 Å². The molecule has 0 amide bonds. The van der Waals surface area contributed by atoms with Crippen LogP contribution in [0.1, 0.15) is 0 Å². The third-order valence-electron chi connectivity index (χ3n) is 5.98. The number of sulfonamides is 2. The number of benzene rings is 4. The molecule has 1 aromatic heterocycles. The van der Waals surface area contributed by atoms with Crippen LogP contribution in [0.4, 0.5) is 22.7 Å². The van der Waals surface area contributed by atoms with Crippen molar-refractivity contribution in [2.45, 2.75) is 9.79 Å². The molecule has 0 radical (unpaired) electrons. The summed E-state index contributed by atoms with van der Waals surface area (Å²) in [5, 5.41) is 1.78. The fourth-order valence-corrected chi connectivity index (χ4v) is 6.16. The third-order valence-corrected chi connectivity index (χ3v) is 8.77. The second-order valence-corrected chi connectivity index (χ2v) is 12.0. The zero-order chi connectivity index (χ0) is 26.4. The fraction of sp³-hybridized carbons (Fsp3) is 0.0385. The molecule has 5 aromatic rings. The van der Waals surface area contributed by atoms with E-state index in [9.17, 15) is 16.8 Å². The molecular formula is C26H24N5O4S2+. The zero-order valence-electron chi connectivity index (χ0n) is 19.7. The molecule has 4 aromatic carbocycles. The predicted octanol–water partition coefficient (Wildman–Crippen LogP) is 3.58. The minimum absolute atomic E-state index is 0.0997. The Bertz CT molecular complexity index is 1740. The molecule has 6 N–H and O–H groups in total. The summed E-state index contributed by atoms with van der Waals surface area (Å²) < 4.78 is 58.4. The highest BCUT2D eigenvalue weighted by atomic mass is 32.2. The molecule has 0 saturated heterocycles. The van der Waals surface area contributed by atoms with Crippen molar-refractivity contribution in [1.29, 1.82) is 0 Å². The average Bonchev–Trinajstić information content (AvgIpc) is 2.85. The maximum absolute atomic E-state index is 12.8. The van der Waals surface area contributed by atoms with E-state index in [-0.39, 0.29) is 9.79 Å². The van der Waals surface area contributed by atoms with Crippen LogP contribution in [0.15, 0.2) is 101 Å². The van der Waals surface area contributed by atoms with E-state index in [4.69, 9.17) is 11.5 Å². The highest BCUT2D eigenvalue weighted by Crippen LogP contribution is 2.26. The first-order valence-corrected chi connectivity index (χ1v) is 14.1. The number of anilines is 4. The third kappa shape index (κ3) is 4.86. The Labute approximate surface area is 214 Å². The summed E-state index contributed by atoms with van der Waals surface area (Å²) in [5.74, 6) is 0. The van der Waals surface area contributed by atoms with Gasteiger partial charge in [0.15, 0.2) is 0 Å². The Morgan fingerprint density at radius 1 is 0.568 bits per heavy atom. The molecule has 9 nitrogen and oxygen atoms in total. The Morgan fingerprint density at radius 2 is 0.946 bits per heavy atom. The number of nitrogens with zero attached hydrogens (tertiary/aromatic N) is 1. The first kappa shape index (κ1) is 24.3. The number of nitrogens with two attached hydrogens (primary N) is 2. The fourth-order valence-electron chi connectivity index (χ4n) is 4.06. The van der Waals surface area contributed by atoms with Crippen LogP contribution in [-0.2, 0) is 27.1 Å². The number of nitrogen functional groups attached to an aromatic ring is 2.